The van der Waals surface area contributed by atoms with Gasteiger partial charge in [-0.1, -0.05) is 35.9 Å². The summed E-state index contributed by atoms with van der Waals surface area (Å²) in [4.78, 5) is 41.3. The van der Waals surface area contributed by atoms with E-state index in [1.165, 1.54) is 24.3 Å². The van der Waals surface area contributed by atoms with Gasteiger partial charge in [0.1, 0.15) is 29.1 Å². The van der Waals surface area contributed by atoms with Gasteiger partial charge in [0, 0.05) is 213 Å². The van der Waals surface area contributed by atoms with Gasteiger partial charge < -0.3 is 20.0 Å². The van der Waals surface area contributed by atoms with E-state index in [4.69, 9.17) is 11.6 Å². The maximum Gasteiger partial charge on any atom is 0.132 e. The zero-order valence-corrected chi connectivity index (χ0v) is 69.3. The highest BCUT2D eigenvalue weighted by atomic mass is 35.5. The molecule has 20 nitrogen and oxygen atoms in total. The van der Waals surface area contributed by atoms with Crippen molar-refractivity contribution in [1.29, 1.82) is 0 Å². The minimum absolute atomic E-state index is 0.130. The minimum atomic E-state index is -0.514. The summed E-state index contributed by atoms with van der Waals surface area (Å²) in [6.45, 7) is 7.70. The van der Waals surface area contributed by atoms with Crippen molar-refractivity contribution in [3.8, 4) is 134 Å². The number of halogens is 6. The molecule has 0 atom stereocenters. The highest BCUT2D eigenvalue weighted by Gasteiger charge is 2.20. The van der Waals surface area contributed by atoms with Gasteiger partial charge in [0.2, 0.25) is 0 Å². The van der Waals surface area contributed by atoms with E-state index in [1.54, 1.807) is 79.8 Å². The predicted molar refractivity (Wildman–Crippen MR) is 472 cm³/mol. The van der Waals surface area contributed by atoms with Crippen LogP contribution in [-0.4, -0.2) is 169 Å². The fourth-order valence-electron chi connectivity index (χ4n) is 14.1. The van der Waals surface area contributed by atoms with Crippen molar-refractivity contribution in [3.63, 3.8) is 0 Å². The van der Waals surface area contributed by atoms with E-state index < -0.39 is 11.6 Å². The first-order chi connectivity index (χ1) is 59.4. The molecule has 17 rings (SSSR count). The van der Waals surface area contributed by atoms with Crippen molar-refractivity contribution in [1.82, 2.24) is 99.0 Å². The van der Waals surface area contributed by atoms with Crippen molar-refractivity contribution in [2.75, 3.05) is 75.0 Å². The van der Waals surface area contributed by atoms with Gasteiger partial charge in [-0.25, -0.2) is 22.0 Å². The summed E-state index contributed by atoms with van der Waals surface area (Å²) in [6.07, 6.45) is 42.1. The Morgan fingerprint density at radius 2 is 0.648 bits per heavy atom. The Morgan fingerprint density at radius 3 is 1.02 bits per heavy atom. The maximum absolute atomic E-state index is 14.3. The van der Waals surface area contributed by atoms with Gasteiger partial charge in [0.25, 0.3) is 0 Å². The van der Waals surface area contributed by atoms with E-state index in [0.29, 0.717) is 50.5 Å². The molecule has 0 amide bonds. The Kier molecular flexibility index (Phi) is 28.7. The lowest BCUT2D eigenvalue weighted by molar-refractivity contribution is 0.343. The smallest absolute Gasteiger partial charge is 0.132 e. The number of pyridine rings is 8. The molecule has 26 heteroatoms. The highest BCUT2D eigenvalue weighted by Crippen LogP contribution is 2.36. The summed E-state index contributed by atoms with van der Waals surface area (Å²) >= 11 is 6.05. The molecule has 0 radical (unpaired) electrons. The zero-order chi connectivity index (χ0) is 84.9. The Morgan fingerprint density at radius 1 is 0.328 bits per heavy atom. The average Bonchev–Trinajstić information content (AvgIpc) is 1.29. The quantitative estimate of drug-likeness (QED) is 0.0530. The first-order valence-electron chi connectivity index (χ1n) is 40.2. The average molecular weight is 1660 g/mol. The van der Waals surface area contributed by atoms with E-state index in [1.807, 2.05) is 149 Å². The molecule has 0 bridgehead atoms. The summed E-state index contributed by atoms with van der Waals surface area (Å²) in [5.74, 6) is -1.94. The number of aryl methyl sites for hydroxylation is 3. The van der Waals surface area contributed by atoms with Crippen molar-refractivity contribution >= 4 is 11.6 Å². The molecular formula is C96H92ClF5N20. The van der Waals surface area contributed by atoms with E-state index in [2.05, 4.69) is 152 Å². The number of hydrogen-bond acceptors (Lipinski definition) is 16. The van der Waals surface area contributed by atoms with Crippen molar-refractivity contribution in [2.24, 2.45) is 0 Å². The van der Waals surface area contributed by atoms with Gasteiger partial charge in [0.05, 0.1) is 53.6 Å². The largest absolute Gasteiger partial charge is 0.317 e. The first kappa shape index (κ1) is 85.1. The van der Waals surface area contributed by atoms with Gasteiger partial charge >= 0.3 is 0 Å². The van der Waals surface area contributed by atoms with Crippen LogP contribution in [0.5, 0.6) is 0 Å². The van der Waals surface area contributed by atoms with Crippen LogP contribution < -0.4 is 5.32 Å². The molecule has 0 saturated carbocycles. The molecule has 4 aromatic carbocycles. The van der Waals surface area contributed by atoms with Crippen LogP contribution in [0.4, 0.5) is 22.0 Å². The molecule has 1 fully saturated rings. The second-order valence-electron chi connectivity index (χ2n) is 30.4. The lowest BCUT2D eigenvalue weighted by Gasteiger charge is -2.22. The topological polar surface area (TPSA) is 196 Å². The Labute approximate surface area is 711 Å². The molecule has 0 unspecified atom stereocenters. The fraction of sp³-hybridized carbons (Fsp3) is 0.208. The number of nitrogens with one attached hydrogen (secondary N) is 1. The van der Waals surface area contributed by atoms with Crippen molar-refractivity contribution < 1.29 is 22.0 Å². The second kappa shape index (κ2) is 41.1. The molecule has 122 heavy (non-hydrogen) atoms. The number of hydrogen-bond donors (Lipinski definition) is 1. The van der Waals surface area contributed by atoms with Crippen LogP contribution in [0, 0.1) is 29.1 Å². The Bertz CT molecular complexity index is 5970. The molecular weight excluding hydrogens is 1560 g/mol. The number of aromatic nitrogens is 16. The Hall–Kier alpha value is -13.3. The van der Waals surface area contributed by atoms with Crippen molar-refractivity contribution in [2.45, 2.75) is 57.8 Å². The molecule has 1 aliphatic heterocycles. The molecule has 12 aromatic heterocycles. The van der Waals surface area contributed by atoms with Gasteiger partial charge in [-0.05, 0) is 263 Å². The number of nitrogens with zero attached hydrogens (tertiary/aromatic N) is 19. The zero-order valence-electron chi connectivity index (χ0n) is 68.6. The minimum Gasteiger partial charge on any atom is -0.317 e. The molecule has 1 saturated heterocycles. The summed E-state index contributed by atoms with van der Waals surface area (Å²) in [7, 11) is 12.4. The number of piperidine rings is 1. The van der Waals surface area contributed by atoms with Crippen LogP contribution in [0.1, 0.15) is 38.1 Å². The number of benzene rings is 4. The van der Waals surface area contributed by atoms with E-state index in [9.17, 15) is 22.0 Å². The normalized spacial score (nSPS) is 12.1. The lowest BCUT2D eigenvalue weighted by Crippen LogP contribution is -2.29. The first-order valence-corrected chi connectivity index (χ1v) is 40.6. The predicted octanol–water partition coefficient (Wildman–Crippen LogP) is 19.8. The molecule has 0 aliphatic carbocycles. The van der Waals surface area contributed by atoms with Gasteiger partial charge in [-0.2, -0.15) is 20.4 Å². The summed E-state index contributed by atoms with van der Waals surface area (Å²) in [6, 6.07) is 44.8. The number of rotatable bonds is 25. The van der Waals surface area contributed by atoms with Crippen LogP contribution in [0.15, 0.2) is 282 Å². The molecule has 13 heterocycles. The monoisotopic (exact) mass is 1650 g/mol. The van der Waals surface area contributed by atoms with Crippen molar-refractivity contribution in [3.05, 3.63) is 316 Å². The maximum atomic E-state index is 14.3. The molecule has 0 spiro atoms. The molecule has 16 aromatic rings. The van der Waals surface area contributed by atoms with Gasteiger partial charge in [0.15, 0.2) is 0 Å². The molecule has 1 N–H and O–H groups in total. The third-order valence-corrected chi connectivity index (χ3v) is 20.8. The lowest BCUT2D eigenvalue weighted by atomic mass is 10.0. The van der Waals surface area contributed by atoms with Crippen LogP contribution in [0.2, 0.25) is 5.02 Å². The van der Waals surface area contributed by atoms with Gasteiger partial charge in [-0.3, -0.25) is 58.6 Å². The molecule has 618 valence electrons. The third kappa shape index (κ3) is 22.8. The third-order valence-electron chi connectivity index (χ3n) is 20.5. The summed E-state index contributed by atoms with van der Waals surface area (Å²) in [5, 5.41) is 21.8. The highest BCUT2D eigenvalue weighted by molar-refractivity contribution is 6.30. The standard InChI is InChI=1S/C24H23ClFN5.C24H23F2N5.C24H22FN5.C24H24FN5/c2*1-30(2)8-3-9-31-16-20(15-29-31)19-10-18(13-27-14-19)17-6-7-28-24(11-17)22-12-21(25)4-5-23(22)26;25-23-4-2-1-3-22(23)24-12-17(5-10-28-24)18-11-19(14-27-13-18)20-15-29-30(16-20)21-6-8-26-9-7-21;1-29(2)10-5-11-30-17-21(16-28-30)20-12-19(14-26-15-20)18-8-9-27-24(13-18)22-6-3-4-7-23(22)25/h2*4-7,10-16H,3,8-9H2,1-2H3;1-5,10-16,21,26H,6-9H2;3-4,6-9,12-17H,5,10-11H2,1-2H3. The molecule has 1 aliphatic rings. The van der Waals surface area contributed by atoms with E-state index in [-0.39, 0.29) is 23.0 Å². The van der Waals surface area contributed by atoms with Crippen LogP contribution in [0.25, 0.3) is 134 Å². The van der Waals surface area contributed by atoms with Crippen LogP contribution in [0.3, 0.4) is 0 Å². The van der Waals surface area contributed by atoms with E-state index >= 15 is 0 Å². The second-order valence-corrected chi connectivity index (χ2v) is 30.8. The fourth-order valence-corrected chi connectivity index (χ4v) is 14.3. The SMILES string of the molecule is CN(C)CCCn1cc(-c2cncc(-c3ccnc(-c4cc(Cl)ccc4F)c3)c2)cn1.CN(C)CCCn1cc(-c2cncc(-c3ccnc(-c4cc(F)ccc4F)c3)c2)cn1.CN(C)CCCn1cc(-c2cncc(-c3ccnc(-c4ccccc4F)c3)c2)cn1.Fc1ccccc1-c1cc(-c2cncc(-c3cnn(C4CCNCC4)c3)c2)ccn1. The summed E-state index contributed by atoms with van der Waals surface area (Å²) in [5.41, 5.74) is 18.9. The Balaban J connectivity index is 0.000000133. The van der Waals surface area contributed by atoms with Gasteiger partial charge in [-0.15, -0.1) is 0 Å². The summed E-state index contributed by atoms with van der Waals surface area (Å²) < 4.78 is 78.3. The van der Waals surface area contributed by atoms with Crippen LogP contribution >= 0.6 is 11.6 Å². The van der Waals surface area contributed by atoms with Crippen LogP contribution in [-0.2, 0) is 19.6 Å². The van der Waals surface area contributed by atoms with E-state index in [0.717, 1.165) is 192 Å².